The number of fused-ring (bicyclic) bond motifs is 1. The van der Waals surface area contributed by atoms with Gasteiger partial charge in [0.2, 0.25) is 5.91 Å². The average Bonchev–Trinajstić information content (AvgIpc) is 2.40. The number of nitrogens with zero attached hydrogens (tertiary/aromatic N) is 2. The van der Waals surface area contributed by atoms with Gasteiger partial charge < -0.3 is 16.0 Å². The highest BCUT2D eigenvalue weighted by Gasteiger charge is 2.19. The van der Waals surface area contributed by atoms with Crippen LogP contribution in [0.3, 0.4) is 0 Å². The molecule has 0 unspecified atom stereocenters. The van der Waals surface area contributed by atoms with Gasteiger partial charge in [0.25, 0.3) is 0 Å². The first-order chi connectivity index (χ1) is 9.20. The molecule has 1 amide bonds. The Bertz CT molecular complexity index is 512. The van der Waals surface area contributed by atoms with Crippen molar-refractivity contribution >= 4 is 29.0 Å². The molecule has 0 atom stereocenters. The number of hydrogen-bond donors (Lipinski definition) is 2. The van der Waals surface area contributed by atoms with Crippen LogP contribution in [0.2, 0.25) is 0 Å². The van der Waals surface area contributed by atoms with E-state index in [9.17, 15) is 4.79 Å². The first-order valence-electron chi connectivity index (χ1n) is 6.11. The molecule has 0 fully saturated rings. The number of benzene rings is 1. The van der Waals surface area contributed by atoms with Gasteiger partial charge in [-0.2, -0.15) is 5.26 Å². The van der Waals surface area contributed by atoms with Gasteiger partial charge in [0, 0.05) is 29.4 Å². The number of nitrogen functional groups attached to an aromatic ring is 1. The van der Waals surface area contributed by atoms with Crippen LogP contribution in [0, 0.1) is 11.3 Å². The number of nitrogens with one attached hydrogen (secondary N) is 1. The minimum Gasteiger partial charge on any atom is -0.399 e. The third-order valence-electron chi connectivity index (χ3n) is 2.84. The molecule has 0 bridgehead atoms. The average molecular weight is 276 g/mol. The molecule has 0 aromatic heterocycles. The highest BCUT2D eigenvalue weighted by molar-refractivity contribution is 7.99. The van der Waals surface area contributed by atoms with Crippen LogP contribution in [0.5, 0.6) is 0 Å². The molecule has 5 nitrogen and oxygen atoms in total. The Kier molecular flexibility index (Phi) is 4.53. The minimum atomic E-state index is -0.0597. The summed E-state index contributed by atoms with van der Waals surface area (Å²) in [6.07, 6.45) is 0.338. The number of nitrogens with two attached hydrogens (primary N) is 1. The van der Waals surface area contributed by atoms with Crippen molar-refractivity contribution in [3.63, 3.8) is 0 Å². The summed E-state index contributed by atoms with van der Waals surface area (Å²) < 4.78 is 0. The largest absolute Gasteiger partial charge is 0.399 e. The molecule has 6 heteroatoms. The minimum absolute atomic E-state index is 0.0597. The van der Waals surface area contributed by atoms with Crippen LogP contribution in [0.1, 0.15) is 6.42 Å². The number of carbonyl (C=O) groups excluding carboxylic acids is 1. The molecule has 1 aromatic carbocycles. The van der Waals surface area contributed by atoms with Crippen molar-refractivity contribution in [2.45, 2.75) is 11.3 Å². The smallest absolute Gasteiger partial charge is 0.239 e. The van der Waals surface area contributed by atoms with Crippen molar-refractivity contribution in [3.05, 3.63) is 18.2 Å². The third-order valence-corrected chi connectivity index (χ3v) is 3.88. The van der Waals surface area contributed by atoms with E-state index in [0.29, 0.717) is 25.2 Å². The van der Waals surface area contributed by atoms with Crippen LogP contribution < -0.4 is 16.0 Å². The Labute approximate surface area is 116 Å². The molecule has 0 aliphatic carbocycles. The molecular weight excluding hydrogens is 260 g/mol. The van der Waals surface area contributed by atoms with E-state index in [1.807, 2.05) is 29.2 Å². The Morgan fingerprint density at radius 1 is 1.58 bits per heavy atom. The lowest BCUT2D eigenvalue weighted by Crippen LogP contribution is -2.40. The summed E-state index contributed by atoms with van der Waals surface area (Å²) in [6, 6.07) is 7.78. The Morgan fingerprint density at radius 3 is 3.21 bits per heavy atom. The molecule has 2 rings (SSSR count). The fourth-order valence-electron chi connectivity index (χ4n) is 1.94. The maximum Gasteiger partial charge on any atom is 0.239 e. The van der Waals surface area contributed by atoms with Gasteiger partial charge in [-0.3, -0.25) is 4.79 Å². The summed E-state index contributed by atoms with van der Waals surface area (Å²) in [4.78, 5) is 15.0. The van der Waals surface area contributed by atoms with Gasteiger partial charge in [0.05, 0.1) is 24.7 Å². The number of thioether (sulfide) groups is 1. The maximum absolute atomic E-state index is 11.8. The molecule has 1 aromatic rings. The zero-order valence-corrected chi connectivity index (χ0v) is 11.4. The maximum atomic E-state index is 11.8. The second kappa shape index (κ2) is 6.34. The number of carbonyl (C=O) groups is 1. The zero-order chi connectivity index (χ0) is 13.7. The molecule has 1 aliphatic heterocycles. The summed E-state index contributed by atoms with van der Waals surface area (Å²) in [7, 11) is 0. The van der Waals surface area contributed by atoms with Crippen molar-refractivity contribution < 1.29 is 4.79 Å². The summed E-state index contributed by atoms with van der Waals surface area (Å²) >= 11 is 1.78. The van der Waals surface area contributed by atoms with Crippen molar-refractivity contribution in [1.29, 1.82) is 5.26 Å². The van der Waals surface area contributed by atoms with Crippen LogP contribution in [-0.2, 0) is 4.79 Å². The second-order valence-corrected chi connectivity index (χ2v) is 5.39. The van der Waals surface area contributed by atoms with E-state index < -0.39 is 0 Å². The van der Waals surface area contributed by atoms with E-state index in [0.717, 1.165) is 22.9 Å². The lowest BCUT2D eigenvalue weighted by molar-refractivity contribution is -0.119. The molecule has 0 spiro atoms. The molecule has 100 valence electrons. The SMILES string of the molecule is N#CCCNC(=O)CN1CCSc2ccc(N)cc21. The lowest BCUT2D eigenvalue weighted by atomic mass is 10.2. The van der Waals surface area contributed by atoms with E-state index in [1.165, 1.54) is 0 Å². The van der Waals surface area contributed by atoms with E-state index in [-0.39, 0.29) is 5.91 Å². The van der Waals surface area contributed by atoms with Crippen molar-refractivity contribution in [2.75, 3.05) is 36.0 Å². The van der Waals surface area contributed by atoms with Gasteiger partial charge in [-0.25, -0.2) is 0 Å². The monoisotopic (exact) mass is 276 g/mol. The molecule has 19 heavy (non-hydrogen) atoms. The topological polar surface area (TPSA) is 82.2 Å². The molecule has 1 heterocycles. The molecule has 1 aliphatic rings. The summed E-state index contributed by atoms with van der Waals surface area (Å²) in [5, 5.41) is 11.2. The number of hydrogen-bond acceptors (Lipinski definition) is 5. The van der Waals surface area contributed by atoms with Gasteiger partial charge in [-0.1, -0.05) is 0 Å². The highest BCUT2D eigenvalue weighted by atomic mass is 32.2. The number of nitriles is 1. The second-order valence-electron chi connectivity index (χ2n) is 4.26. The van der Waals surface area contributed by atoms with Gasteiger partial charge in [-0.15, -0.1) is 11.8 Å². The number of anilines is 2. The highest BCUT2D eigenvalue weighted by Crippen LogP contribution is 2.35. The zero-order valence-electron chi connectivity index (χ0n) is 10.6. The van der Waals surface area contributed by atoms with Gasteiger partial charge in [0.1, 0.15) is 0 Å². The summed E-state index contributed by atoms with van der Waals surface area (Å²) in [5.74, 6) is 0.901. The lowest BCUT2D eigenvalue weighted by Gasteiger charge is -2.30. The van der Waals surface area contributed by atoms with Crippen LogP contribution in [0.4, 0.5) is 11.4 Å². The Balaban J connectivity index is 2.01. The van der Waals surface area contributed by atoms with Gasteiger partial charge in [0.15, 0.2) is 0 Å². The first-order valence-corrected chi connectivity index (χ1v) is 7.10. The Hall–Kier alpha value is -1.87. The fourth-order valence-corrected chi connectivity index (χ4v) is 2.97. The molecule has 3 N–H and O–H groups in total. The first kappa shape index (κ1) is 13.6. The van der Waals surface area contributed by atoms with E-state index in [1.54, 1.807) is 11.8 Å². The van der Waals surface area contributed by atoms with Crippen LogP contribution in [0.15, 0.2) is 23.1 Å². The number of amides is 1. The van der Waals surface area contributed by atoms with Crippen LogP contribution in [-0.4, -0.2) is 31.3 Å². The summed E-state index contributed by atoms with van der Waals surface area (Å²) in [5.41, 5.74) is 7.53. The van der Waals surface area contributed by atoms with Gasteiger partial charge in [-0.05, 0) is 18.2 Å². The van der Waals surface area contributed by atoms with E-state index in [4.69, 9.17) is 11.0 Å². The van der Waals surface area contributed by atoms with Crippen molar-refractivity contribution in [2.24, 2.45) is 0 Å². The molecule has 0 radical (unpaired) electrons. The quantitative estimate of drug-likeness (QED) is 0.638. The summed E-state index contributed by atoms with van der Waals surface area (Å²) in [6.45, 7) is 1.54. The molecule has 0 saturated heterocycles. The predicted molar refractivity (Wildman–Crippen MR) is 77.0 cm³/mol. The Morgan fingerprint density at radius 2 is 2.42 bits per heavy atom. The molecule has 0 saturated carbocycles. The normalized spacial score (nSPS) is 13.5. The van der Waals surface area contributed by atoms with E-state index >= 15 is 0 Å². The standard InChI is InChI=1S/C13H16N4OS/c14-4-1-5-16-13(18)9-17-6-7-19-12-3-2-10(15)8-11(12)17/h2-3,8H,1,5-7,9,15H2,(H,16,18). The number of rotatable bonds is 4. The van der Waals surface area contributed by atoms with Crippen molar-refractivity contribution in [3.8, 4) is 6.07 Å². The third kappa shape index (κ3) is 3.55. The van der Waals surface area contributed by atoms with Crippen LogP contribution in [0.25, 0.3) is 0 Å². The fraction of sp³-hybridized carbons (Fsp3) is 0.385. The van der Waals surface area contributed by atoms with Crippen molar-refractivity contribution in [1.82, 2.24) is 5.32 Å². The molecular formula is C13H16N4OS. The predicted octanol–water partition coefficient (Wildman–Crippen LogP) is 1.21. The van der Waals surface area contributed by atoms with E-state index in [2.05, 4.69) is 5.32 Å². The van der Waals surface area contributed by atoms with Gasteiger partial charge >= 0.3 is 0 Å². The van der Waals surface area contributed by atoms with Crippen LogP contribution >= 0.6 is 11.8 Å².